The molecular weight excluding hydrogens is 355 g/mol. The van der Waals surface area contributed by atoms with Crippen LogP contribution in [0.1, 0.15) is 30.4 Å². The van der Waals surface area contributed by atoms with Gasteiger partial charge in [-0.1, -0.05) is 36.4 Å². The molecule has 0 aromatic heterocycles. The van der Waals surface area contributed by atoms with Crippen molar-refractivity contribution in [2.24, 2.45) is 0 Å². The Labute approximate surface area is 155 Å². The zero-order valence-electron chi connectivity index (χ0n) is 14.5. The molecule has 2 bridgehead atoms. The maximum absolute atomic E-state index is 14.1. The van der Waals surface area contributed by atoms with E-state index in [0.29, 0.717) is 18.4 Å². The highest BCUT2D eigenvalue weighted by Crippen LogP contribution is 2.40. The molecular formula is C21H18F3NO2. The number of fused-ring (bicyclic) bond motifs is 2. The fraction of sp³-hybridized carbons (Fsp3) is 0.286. The van der Waals surface area contributed by atoms with Gasteiger partial charge in [-0.05, 0) is 42.5 Å². The van der Waals surface area contributed by atoms with Crippen molar-refractivity contribution in [3.63, 3.8) is 0 Å². The third kappa shape index (κ3) is 3.31. The van der Waals surface area contributed by atoms with E-state index in [1.165, 1.54) is 0 Å². The first-order chi connectivity index (χ1) is 13.0. The minimum atomic E-state index is -1.18. The van der Waals surface area contributed by atoms with Gasteiger partial charge in [-0.3, -0.25) is 4.90 Å². The Morgan fingerprint density at radius 2 is 1.78 bits per heavy atom. The fourth-order valence-corrected chi connectivity index (χ4v) is 3.92. The Bertz CT molecular complexity index is 898. The molecule has 0 spiro atoms. The second-order valence-electron chi connectivity index (χ2n) is 6.86. The molecule has 4 rings (SSSR count). The van der Waals surface area contributed by atoms with Crippen LogP contribution in [0.15, 0.2) is 48.5 Å². The van der Waals surface area contributed by atoms with Crippen LogP contribution in [0.2, 0.25) is 0 Å². The Morgan fingerprint density at radius 1 is 1.04 bits per heavy atom. The van der Waals surface area contributed by atoms with Gasteiger partial charge in [-0.2, -0.15) is 0 Å². The molecule has 0 aliphatic carbocycles. The molecule has 1 saturated heterocycles. The number of hydrogen-bond donors (Lipinski definition) is 0. The molecule has 0 saturated carbocycles. The van der Waals surface area contributed by atoms with Crippen LogP contribution >= 0.6 is 0 Å². The lowest BCUT2D eigenvalue weighted by Gasteiger charge is -2.33. The molecule has 2 aliphatic heterocycles. The summed E-state index contributed by atoms with van der Waals surface area (Å²) in [5.74, 6) is -3.05. The zero-order chi connectivity index (χ0) is 19.0. The van der Waals surface area contributed by atoms with E-state index in [9.17, 15) is 18.0 Å². The first-order valence-electron chi connectivity index (χ1n) is 8.88. The topological polar surface area (TPSA) is 29.5 Å². The summed E-state index contributed by atoms with van der Waals surface area (Å²) in [5, 5.41) is 0. The Hall–Kier alpha value is -2.76. The molecule has 2 aromatic rings. The highest BCUT2D eigenvalue weighted by Gasteiger charge is 2.41. The van der Waals surface area contributed by atoms with E-state index >= 15 is 0 Å². The lowest BCUT2D eigenvalue weighted by Crippen LogP contribution is -2.43. The van der Waals surface area contributed by atoms with E-state index in [2.05, 4.69) is 0 Å². The van der Waals surface area contributed by atoms with Crippen LogP contribution in [0.4, 0.5) is 18.0 Å². The van der Waals surface area contributed by atoms with E-state index in [-0.39, 0.29) is 30.7 Å². The average Bonchev–Trinajstić information content (AvgIpc) is 2.94. The molecule has 1 fully saturated rings. The molecule has 2 aliphatic rings. The van der Waals surface area contributed by atoms with E-state index in [4.69, 9.17) is 4.74 Å². The van der Waals surface area contributed by atoms with Crippen molar-refractivity contribution >= 4 is 11.7 Å². The number of carbonyl (C=O) groups is 1. The van der Waals surface area contributed by atoms with Gasteiger partial charge < -0.3 is 4.74 Å². The van der Waals surface area contributed by atoms with Crippen molar-refractivity contribution in [2.45, 2.75) is 38.0 Å². The minimum absolute atomic E-state index is 0.166. The molecule has 1 amide bonds. The summed E-state index contributed by atoms with van der Waals surface area (Å²) >= 11 is 0. The Morgan fingerprint density at radius 3 is 2.52 bits per heavy atom. The van der Waals surface area contributed by atoms with Gasteiger partial charge in [0.1, 0.15) is 12.4 Å². The predicted octanol–water partition coefficient (Wildman–Crippen LogP) is 5.06. The third-order valence-corrected chi connectivity index (χ3v) is 5.18. The van der Waals surface area contributed by atoms with Gasteiger partial charge in [0.25, 0.3) is 0 Å². The van der Waals surface area contributed by atoms with Crippen LogP contribution in [-0.4, -0.2) is 23.1 Å². The minimum Gasteiger partial charge on any atom is -0.445 e. The number of rotatable bonds is 3. The van der Waals surface area contributed by atoms with Gasteiger partial charge in [0.2, 0.25) is 0 Å². The van der Waals surface area contributed by atoms with Crippen molar-refractivity contribution in [1.82, 2.24) is 4.90 Å². The van der Waals surface area contributed by atoms with Crippen molar-refractivity contribution in [1.29, 1.82) is 0 Å². The summed E-state index contributed by atoms with van der Waals surface area (Å²) in [4.78, 5) is 14.2. The van der Waals surface area contributed by atoms with E-state index < -0.39 is 23.5 Å². The standard InChI is InChI=1S/C21H18F3NO2/c22-17-8-9-18(23)20(24)19(17)14-10-15-6-7-16(11-14)25(15)21(26)27-12-13-4-2-1-3-5-13/h1-5,8-10,15-16H,6-7,11-12H2. The van der Waals surface area contributed by atoms with Crippen LogP contribution in [0.5, 0.6) is 0 Å². The van der Waals surface area contributed by atoms with Gasteiger partial charge in [0, 0.05) is 6.04 Å². The average molecular weight is 373 g/mol. The van der Waals surface area contributed by atoms with Crippen LogP contribution in [0.3, 0.4) is 0 Å². The summed E-state index contributed by atoms with van der Waals surface area (Å²) in [5.41, 5.74) is 0.962. The molecule has 2 aromatic carbocycles. The van der Waals surface area contributed by atoms with Gasteiger partial charge in [0.05, 0.1) is 11.6 Å². The number of ether oxygens (including phenoxy) is 1. The smallest absolute Gasteiger partial charge is 0.410 e. The maximum Gasteiger partial charge on any atom is 0.410 e. The zero-order valence-corrected chi connectivity index (χ0v) is 14.5. The van der Waals surface area contributed by atoms with E-state index in [1.54, 1.807) is 11.0 Å². The Balaban J connectivity index is 1.53. The summed E-state index contributed by atoms with van der Waals surface area (Å²) in [6.45, 7) is 0.166. The molecule has 2 atom stereocenters. The van der Waals surface area contributed by atoms with Gasteiger partial charge in [0.15, 0.2) is 11.6 Å². The summed E-state index contributed by atoms with van der Waals surface area (Å²) in [6, 6.07) is 10.5. The number of carbonyl (C=O) groups excluding carboxylic acids is 1. The molecule has 3 nitrogen and oxygen atoms in total. The summed E-state index contributed by atoms with van der Waals surface area (Å²) in [7, 11) is 0. The number of nitrogens with zero attached hydrogens (tertiary/aromatic N) is 1. The number of halogens is 3. The molecule has 140 valence electrons. The summed E-state index contributed by atoms with van der Waals surface area (Å²) in [6.07, 6.45) is 2.89. The van der Waals surface area contributed by atoms with Gasteiger partial charge in [-0.25, -0.2) is 18.0 Å². The lowest BCUT2D eigenvalue weighted by atomic mass is 9.94. The normalized spacial score (nSPS) is 21.1. The second-order valence-corrected chi connectivity index (χ2v) is 6.86. The monoisotopic (exact) mass is 373 g/mol. The van der Waals surface area contributed by atoms with Crippen LogP contribution in [-0.2, 0) is 11.3 Å². The SMILES string of the molecule is O=C(OCc1ccccc1)N1C2C=C(c3c(F)ccc(F)c3F)CC1CC2. The molecule has 2 heterocycles. The van der Waals surface area contributed by atoms with Gasteiger partial charge in [-0.15, -0.1) is 0 Å². The highest BCUT2D eigenvalue weighted by molar-refractivity contribution is 5.75. The predicted molar refractivity (Wildman–Crippen MR) is 94.2 cm³/mol. The van der Waals surface area contributed by atoms with E-state index in [1.807, 2.05) is 30.3 Å². The number of hydrogen-bond acceptors (Lipinski definition) is 2. The first kappa shape index (κ1) is 17.6. The largest absolute Gasteiger partial charge is 0.445 e. The maximum atomic E-state index is 14.1. The molecule has 6 heteroatoms. The van der Waals surface area contributed by atoms with Crippen molar-refractivity contribution in [2.75, 3.05) is 0 Å². The van der Waals surface area contributed by atoms with E-state index in [0.717, 1.165) is 17.7 Å². The molecule has 0 radical (unpaired) electrons. The van der Waals surface area contributed by atoms with Crippen LogP contribution in [0, 0.1) is 17.5 Å². The number of amides is 1. The lowest BCUT2D eigenvalue weighted by molar-refractivity contribution is 0.0832. The number of benzene rings is 2. The molecule has 27 heavy (non-hydrogen) atoms. The highest BCUT2D eigenvalue weighted by atomic mass is 19.2. The molecule has 0 N–H and O–H groups in total. The Kier molecular flexibility index (Phi) is 4.64. The van der Waals surface area contributed by atoms with Crippen molar-refractivity contribution in [3.8, 4) is 0 Å². The van der Waals surface area contributed by atoms with Crippen molar-refractivity contribution < 1.29 is 22.7 Å². The summed E-state index contributed by atoms with van der Waals surface area (Å²) < 4.78 is 47.2. The fourth-order valence-electron chi connectivity index (χ4n) is 3.92. The second kappa shape index (κ2) is 7.10. The molecule has 2 unspecified atom stereocenters. The van der Waals surface area contributed by atoms with Crippen LogP contribution < -0.4 is 0 Å². The van der Waals surface area contributed by atoms with Crippen LogP contribution in [0.25, 0.3) is 5.57 Å². The first-order valence-corrected chi connectivity index (χ1v) is 8.88. The van der Waals surface area contributed by atoms with Gasteiger partial charge >= 0.3 is 6.09 Å². The van der Waals surface area contributed by atoms with Crippen molar-refractivity contribution in [3.05, 3.63) is 77.1 Å². The third-order valence-electron chi connectivity index (χ3n) is 5.18. The quantitative estimate of drug-likeness (QED) is 0.704.